The van der Waals surface area contributed by atoms with Gasteiger partial charge in [0.05, 0.1) is 18.6 Å². The lowest BCUT2D eigenvalue weighted by Crippen LogP contribution is -2.29. The van der Waals surface area contributed by atoms with Crippen LogP contribution in [0.15, 0.2) is 30.3 Å². The van der Waals surface area contributed by atoms with Gasteiger partial charge in [-0.25, -0.2) is 0 Å². The number of carboxylic acid groups (broad SMARTS) is 1. The smallest absolute Gasteiger partial charge is 0.309 e. The van der Waals surface area contributed by atoms with E-state index in [1.165, 1.54) is 0 Å². The summed E-state index contributed by atoms with van der Waals surface area (Å²) in [5.74, 6) is -0.595. The summed E-state index contributed by atoms with van der Waals surface area (Å²) < 4.78 is 5.74. The zero-order valence-corrected chi connectivity index (χ0v) is 9.58. The Morgan fingerprint density at radius 1 is 1.24 bits per heavy atom. The lowest BCUT2D eigenvalue weighted by Gasteiger charge is -2.18. The minimum atomic E-state index is -0.715. The molecule has 1 saturated heterocycles. The standard InChI is InChI=1S/C14H16O3/c15-14(16)12-11(9-4-2-1-3-5-9)8-17-13(12)10-6-7-10/h1-5,10-13H,6-8H2,(H,15,16). The van der Waals surface area contributed by atoms with Crippen molar-refractivity contribution in [2.45, 2.75) is 24.9 Å². The lowest BCUT2D eigenvalue weighted by atomic mass is 9.84. The molecule has 0 amide bonds. The molecule has 17 heavy (non-hydrogen) atoms. The molecule has 3 nitrogen and oxygen atoms in total. The Bertz CT molecular complexity index is 411. The summed E-state index contributed by atoms with van der Waals surface area (Å²) in [7, 11) is 0. The third-order valence-electron chi connectivity index (χ3n) is 3.86. The van der Waals surface area contributed by atoms with Gasteiger partial charge in [-0.1, -0.05) is 30.3 Å². The molecule has 1 heterocycles. The first-order valence-electron chi connectivity index (χ1n) is 6.16. The molecule has 0 aromatic heterocycles. The third-order valence-corrected chi connectivity index (χ3v) is 3.86. The number of ether oxygens (including phenoxy) is 1. The average molecular weight is 232 g/mol. The summed E-state index contributed by atoms with van der Waals surface area (Å²) in [5.41, 5.74) is 1.09. The van der Waals surface area contributed by atoms with Crippen molar-refractivity contribution < 1.29 is 14.6 Å². The van der Waals surface area contributed by atoms with E-state index in [0.717, 1.165) is 18.4 Å². The average Bonchev–Trinajstić information content (AvgIpc) is 3.08. The van der Waals surface area contributed by atoms with Crippen LogP contribution in [0, 0.1) is 11.8 Å². The van der Waals surface area contributed by atoms with E-state index in [1.807, 2.05) is 30.3 Å². The Morgan fingerprint density at radius 2 is 1.94 bits per heavy atom. The number of aliphatic carboxylic acids is 1. The van der Waals surface area contributed by atoms with E-state index < -0.39 is 5.97 Å². The number of benzene rings is 1. The summed E-state index contributed by atoms with van der Waals surface area (Å²) in [6.45, 7) is 0.544. The van der Waals surface area contributed by atoms with Crippen molar-refractivity contribution in [3.8, 4) is 0 Å². The van der Waals surface area contributed by atoms with Gasteiger partial charge in [-0.05, 0) is 24.3 Å². The molecule has 0 radical (unpaired) electrons. The van der Waals surface area contributed by atoms with Crippen LogP contribution >= 0.6 is 0 Å². The largest absolute Gasteiger partial charge is 0.481 e. The molecule has 3 heteroatoms. The molecule has 90 valence electrons. The Morgan fingerprint density at radius 3 is 2.53 bits per heavy atom. The monoisotopic (exact) mass is 232 g/mol. The van der Waals surface area contributed by atoms with Gasteiger partial charge in [-0.15, -0.1) is 0 Å². The number of carbonyl (C=O) groups is 1. The zero-order valence-electron chi connectivity index (χ0n) is 9.58. The van der Waals surface area contributed by atoms with Gasteiger partial charge >= 0.3 is 5.97 Å². The van der Waals surface area contributed by atoms with Crippen LogP contribution < -0.4 is 0 Å². The number of rotatable bonds is 3. The molecule has 1 aromatic rings. The normalized spacial score (nSPS) is 32.6. The number of hydrogen-bond acceptors (Lipinski definition) is 2. The highest BCUT2D eigenvalue weighted by Gasteiger charge is 2.49. The van der Waals surface area contributed by atoms with Gasteiger partial charge in [0.25, 0.3) is 0 Å². The molecule has 2 fully saturated rings. The molecular formula is C14H16O3. The van der Waals surface area contributed by atoms with Gasteiger partial charge in [0.1, 0.15) is 0 Å². The van der Waals surface area contributed by atoms with Gasteiger partial charge in [0, 0.05) is 5.92 Å². The molecule has 1 aliphatic carbocycles. The SMILES string of the molecule is O=C(O)C1C(c2ccccc2)COC1C1CC1. The van der Waals surface area contributed by atoms with Gasteiger partial charge in [-0.3, -0.25) is 4.79 Å². The summed E-state index contributed by atoms with van der Waals surface area (Å²) in [6.07, 6.45) is 2.17. The van der Waals surface area contributed by atoms with Crippen molar-refractivity contribution >= 4 is 5.97 Å². The van der Waals surface area contributed by atoms with Gasteiger partial charge in [-0.2, -0.15) is 0 Å². The maximum absolute atomic E-state index is 11.4. The molecule has 1 saturated carbocycles. The van der Waals surface area contributed by atoms with Gasteiger partial charge in [0.2, 0.25) is 0 Å². The molecule has 1 aliphatic heterocycles. The highest BCUT2D eigenvalue weighted by Crippen LogP contribution is 2.46. The molecule has 3 unspecified atom stereocenters. The predicted octanol–water partition coefficient (Wildman–Crippen LogP) is 2.28. The molecule has 0 spiro atoms. The lowest BCUT2D eigenvalue weighted by molar-refractivity contribution is -0.144. The van der Waals surface area contributed by atoms with Crippen LogP contribution in [0.3, 0.4) is 0 Å². The molecular weight excluding hydrogens is 216 g/mol. The first kappa shape index (κ1) is 10.8. The maximum atomic E-state index is 11.4. The minimum absolute atomic E-state index is 0.0132. The molecule has 0 bridgehead atoms. The topological polar surface area (TPSA) is 46.5 Å². The van der Waals surface area contributed by atoms with E-state index in [1.54, 1.807) is 0 Å². The number of carboxylic acids is 1. The Balaban J connectivity index is 1.87. The van der Waals surface area contributed by atoms with Gasteiger partial charge < -0.3 is 9.84 Å². The molecule has 1 N–H and O–H groups in total. The van der Waals surface area contributed by atoms with Crippen LogP contribution in [0.1, 0.15) is 24.3 Å². The Labute approximate surface area is 100 Å². The van der Waals surface area contributed by atoms with E-state index in [2.05, 4.69) is 0 Å². The fourth-order valence-electron chi connectivity index (χ4n) is 2.82. The van der Waals surface area contributed by atoms with Gasteiger partial charge in [0.15, 0.2) is 0 Å². The molecule has 1 aromatic carbocycles. The molecule has 3 atom stereocenters. The van der Waals surface area contributed by atoms with E-state index in [9.17, 15) is 9.90 Å². The van der Waals surface area contributed by atoms with Crippen LogP contribution in [0.4, 0.5) is 0 Å². The van der Waals surface area contributed by atoms with Crippen LogP contribution in [0.25, 0.3) is 0 Å². The van der Waals surface area contributed by atoms with Crippen molar-refractivity contribution in [3.05, 3.63) is 35.9 Å². The predicted molar refractivity (Wildman–Crippen MR) is 62.8 cm³/mol. The third kappa shape index (κ3) is 1.95. The van der Waals surface area contributed by atoms with Crippen LogP contribution in [-0.2, 0) is 9.53 Å². The second-order valence-corrected chi connectivity index (χ2v) is 5.02. The van der Waals surface area contributed by atoms with E-state index in [4.69, 9.17) is 4.74 Å². The first-order valence-corrected chi connectivity index (χ1v) is 6.16. The summed E-state index contributed by atoms with van der Waals surface area (Å²) in [4.78, 5) is 11.4. The summed E-state index contributed by atoms with van der Waals surface area (Å²) in [5, 5.41) is 9.41. The highest BCUT2D eigenvalue weighted by molar-refractivity contribution is 5.73. The fraction of sp³-hybridized carbons (Fsp3) is 0.500. The zero-order chi connectivity index (χ0) is 11.8. The van der Waals surface area contributed by atoms with Crippen LogP contribution in [0.5, 0.6) is 0 Å². The van der Waals surface area contributed by atoms with Crippen molar-refractivity contribution in [2.24, 2.45) is 11.8 Å². The van der Waals surface area contributed by atoms with Crippen molar-refractivity contribution in [1.82, 2.24) is 0 Å². The Kier molecular flexibility index (Phi) is 2.63. The van der Waals surface area contributed by atoms with Crippen molar-refractivity contribution in [3.63, 3.8) is 0 Å². The maximum Gasteiger partial charge on any atom is 0.309 e. The number of hydrogen-bond donors (Lipinski definition) is 1. The molecule has 3 rings (SSSR count). The minimum Gasteiger partial charge on any atom is -0.481 e. The van der Waals surface area contributed by atoms with E-state index >= 15 is 0 Å². The second-order valence-electron chi connectivity index (χ2n) is 5.02. The van der Waals surface area contributed by atoms with E-state index in [-0.39, 0.29) is 17.9 Å². The highest BCUT2D eigenvalue weighted by atomic mass is 16.5. The van der Waals surface area contributed by atoms with Crippen LogP contribution in [0.2, 0.25) is 0 Å². The van der Waals surface area contributed by atoms with E-state index in [0.29, 0.717) is 12.5 Å². The summed E-state index contributed by atoms with van der Waals surface area (Å²) >= 11 is 0. The van der Waals surface area contributed by atoms with Crippen molar-refractivity contribution in [2.75, 3.05) is 6.61 Å². The van der Waals surface area contributed by atoms with Crippen molar-refractivity contribution in [1.29, 1.82) is 0 Å². The second kappa shape index (κ2) is 4.15. The molecule has 2 aliphatic rings. The fourth-order valence-corrected chi connectivity index (χ4v) is 2.82. The summed E-state index contributed by atoms with van der Waals surface area (Å²) in [6, 6.07) is 9.86. The Hall–Kier alpha value is -1.35. The van der Waals surface area contributed by atoms with Crippen LogP contribution in [-0.4, -0.2) is 23.8 Å². The first-order chi connectivity index (χ1) is 8.27. The quantitative estimate of drug-likeness (QED) is 0.869.